The molecule has 0 amide bonds. The quantitative estimate of drug-likeness (QED) is 0.347. The molecule has 0 aromatic rings. The van der Waals surface area contributed by atoms with Crippen LogP contribution in [0.25, 0.3) is 0 Å². The van der Waals surface area contributed by atoms with Gasteiger partial charge >= 0.3 is 26.7 Å². The Morgan fingerprint density at radius 2 is 0.933 bits per heavy atom. The fourth-order valence-electron chi connectivity index (χ4n) is 0. The summed E-state index contributed by atoms with van der Waals surface area (Å²) >= 11 is 3.09. The van der Waals surface area contributed by atoms with Gasteiger partial charge in [0.05, 0.1) is 0 Å². The van der Waals surface area contributed by atoms with E-state index < -0.39 is 21.6 Å². The number of hydrogen-bond donors (Lipinski definition) is 0. The van der Waals surface area contributed by atoms with Crippen LogP contribution < -0.4 is 10.2 Å². The standard InChI is InChI=1S/2C2HBrF2O2.Cu/c2*3-2(4,5)1(6)7;/h2*(H,6,7);/q;;+2/p-2. The van der Waals surface area contributed by atoms with Crippen molar-refractivity contribution in [1.29, 1.82) is 0 Å². The molecule has 93 valence electrons. The molecule has 0 aliphatic carbocycles. The molecule has 0 fully saturated rings. The van der Waals surface area contributed by atoms with E-state index >= 15 is 0 Å². The molecule has 0 spiro atoms. The molecular formula is C4Br2CuF4O4. The van der Waals surface area contributed by atoms with Crippen LogP contribution >= 0.6 is 31.9 Å². The second-order valence-electron chi connectivity index (χ2n) is 1.57. The zero-order valence-electron chi connectivity index (χ0n) is 6.20. The van der Waals surface area contributed by atoms with Crippen LogP contribution in [0.5, 0.6) is 0 Å². The van der Waals surface area contributed by atoms with E-state index in [2.05, 4.69) is 0 Å². The predicted molar refractivity (Wildman–Crippen MR) is 37.8 cm³/mol. The Labute approximate surface area is 108 Å². The van der Waals surface area contributed by atoms with Crippen molar-refractivity contribution in [3.8, 4) is 0 Å². The summed E-state index contributed by atoms with van der Waals surface area (Å²) in [5.74, 6) is -4.85. The van der Waals surface area contributed by atoms with Gasteiger partial charge in [-0.1, -0.05) is 0 Å². The average molecular weight is 411 g/mol. The Kier molecular flexibility index (Phi) is 10.2. The molecule has 11 heteroatoms. The summed E-state index contributed by atoms with van der Waals surface area (Å²) in [6.45, 7) is 0. The minimum atomic E-state index is -3.88. The maximum atomic E-state index is 11.1. The molecule has 0 unspecified atom stereocenters. The van der Waals surface area contributed by atoms with Crippen molar-refractivity contribution in [2.45, 2.75) is 9.66 Å². The first kappa shape index (κ1) is 20.5. The van der Waals surface area contributed by atoms with E-state index in [1.807, 2.05) is 0 Å². The summed E-state index contributed by atoms with van der Waals surface area (Å²) in [5.41, 5.74) is 0. The molecule has 0 N–H and O–H groups in total. The van der Waals surface area contributed by atoms with E-state index in [9.17, 15) is 17.6 Å². The summed E-state index contributed by atoms with van der Waals surface area (Å²) in [4.78, 5) is 10.5. The van der Waals surface area contributed by atoms with Crippen molar-refractivity contribution in [2.75, 3.05) is 0 Å². The minimum absolute atomic E-state index is 0. The zero-order chi connectivity index (χ0) is 12.2. The second kappa shape index (κ2) is 7.42. The van der Waals surface area contributed by atoms with Gasteiger partial charge in [0.2, 0.25) is 0 Å². The second-order valence-corrected chi connectivity index (χ2v) is 3.56. The molecule has 0 aliphatic rings. The molecule has 0 atom stereocenters. The van der Waals surface area contributed by atoms with E-state index in [1.54, 1.807) is 31.9 Å². The zero-order valence-corrected chi connectivity index (χ0v) is 10.3. The third-order valence-corrected chi connectivity index (χ3v) is 1.11. The van der Waals surface area contributed by atoms with Crippen LogP contribution in [-0.2, 0) is 26.7 Å². The van der Waals surface area contributed by atoms with Gasteiger partial charge in [0.25, 0.3) is 0 Å². The Morgan fingerprint density at radius 1 is 0.867 bits per heavy atom. The van der Waals surface area contributed by atoms with Gasteiger partial charge in [0, 0.05) is 0 Å². The molecule has 1 radical (unpaired) electrons. The summed E-state index contributed by atoms with van der Waals surface area (Å²) in [6, 6.07) is 0. The third-order valence-electron chi connectivity index (χ3n) is 0.463. The van der Waals surface area contributed by atoms with Crippen molar-refractivity contribution in [3.63, 3.8) is 0 Å². The molecule has 4 nitrogen and oxygen atoms in total. The van der Waals surface area contributed by atoms with Crippen LogP contribution in [0.2, 0.25) is 0 Å². The molecule has 0 saturated carbocycles. The number of aliphatic carboxylic acids is 2. The number of carboxylic acid groups (broad SMARTS) is 2. The first-order valence-electron chi connectivity index (χ1n) is 2.45. The maximum absolute atomic E-state index is 11.1. The predicted octanol–water partition coefficient (Wildman–Crippen LogP) is -0.555. The van der Waals surface area contributed by atoms with Crippen LogP contribution in [0.1, 0.15) is 0 Å². The molecule has 0 saturated heterocycles. The normalized spacial score (nSPS) is 10.5. The molecule has 0 heterocycles. The van der Waals surface area contributed by atoms with E-state index in [0.29, 0.717) is 0 Å². The summed E-state index contributed by atoms with van der Waals surface area (Å²) in [7, 11) is 0. The van der Waals surface area contributed by atoms with Gasteiger partial charge in [-0.2, -0.15) is 17.6 Å². The van der Waals surface area contributed by atoms with E-state index in [4.69, 9.17) is 19.8 Å². The van der Waals surface area contributed by atoms with Gasteiger partial charge in [-0.05, 0) is 31.9 Å². The van der Waals surface area contributed by atoms with Gasteiger partial charge in [0.15, 0.2) is 0 Å². The largest absolute Gasteiger partial charge is 2.00 e. The number of alkyl halides is 6. The number of carboxylic acids is 2. The van der Waals surface area contributed by atoms with E-state index in [0.717, 1.165) is 0 Å². The first-order valence-corrected chi connectivity index (χ1v) is 4.04. The van der Waals surface area contributed by atoms with Crippen molar-refractivity contribution in [3.05, 3.63) is 0 Å². The van der Waals surface area contributed by atoms with E-state index in [1.165, 1.54) is 0 Å². The Hall–Kier alpha value is 0.139. The molecule has 0 aliphatic heterocycles. The summed E-state index contributed by atoms with van der Waals surface area (Å²) < 4.78 is 44.4. The van der Waals surface area contributed by atoms with Crippen molar-refractivity contribution in [1.82, 2.24) is 0 Å². The number of rotatable bonds is 2. The molecule has 0 aromatic heterocycles. The number of halogens is 6. The molecule has 15 heavy (non-hydrogen) atoms. The average Bonchev–Trinajstić information content (AvgIpc) is 1.83. The fraction of sp³-hybridized carbons (Fsp3) is 0.500. The van der Waals surface area contributed by atoms with Gasteiger partial charge in [-0.25, -0.2) is 0 Å². The topological polar surface area (TPSA) is 80.3 Å². The van der Waals surface area contributed by atoms with Gasteiger partial charge < -0.3 is 19.8 Å². The van der Waals surface area contributed by atoms with Gasteiger partial charge in [0.1, 0.15) is 11.9 Å². The van der Waals surface area contributed by atoms with E-state index in [-0.39, 0.29) is 17.1 Å². The summed E-state index contributed by atoms with van der Waals surface area (Å²) in [5, 5.41) is 18.2. The summed E-state index contributed by atoms with van der Waals surface area (Å²) in [6.07, 6.45) is 0. The van der Waals surface area contributed by atoms with Crippen LogP contribution in [0.4, 0.5) is 17.6 Å². The fourth-order valence-corrected chi connectivity index (χ4v) is 0. The number of carbonyl (C=O) groups is 2. The molecular weight excluding hydrogens is 411 g/mol. The number of carbonyl (C=O) groups excluding carboxylic acids is 2. The van der Waals surface area contributed by atoms with Crippen molar-refractivity contribution in [2.24, 2.45) is 0 Å². The van der Waals surface area contributed by atoms with Crippen LogP contribution in [-0.4, -0.2) is 21.6 Å². The Morgan fingerprint density at radius 3 is 0.933 bits per heavy atom. The first-order chi connectivity index (χ1) is 5.89. The maximum Gasteiger partial charge on any atom is 2.00 e. The third kappa shape index (κ3) is 14.1. The molecule has 0 aromatic carbocycles. The van der Waals surface area contributed by atoms with Gasteiger partial charge in [-0.3, -0.25) is 0 Å². The SMILES string of the molecule is O=C([O-])C(F)(F)Br.O=C([O-])C(F)(F)Br.[Cu+2]. The monoisotopic (exact) mass is 409 g/mol. The molecule has 0 rings (SSSR count). The Balaban J connectivity index is -0.000000180. The minimum Gasteiger partial charge on any atom is -0.543 e. The van der Waals surface area contributed by atoms with Gasteiger partial charge in [-0.15, -0.1) is 0 Å². The number of hydrogen-bond acceptors (Lipinski definition) is 4. The van der Waals surface area contributed by atoms with Crippen LogP contribution in [0.15, 0.2) is 0 Å². The van der Waals surface area contributed by atoms with Crippen LogP contribution in [0.3, 0.4) is 0 Å². The van der Waals surface area contributed by atoms with Crippen LogP contribution in [0, 0.1) is 0 Å². The van der Waals surface area contributed by atoms with Crippen molar-refractivity contribution < 1.29 is 54.4 Å². The smallest absolute Gasteiger partial charge is 0.543 e. The van der Waals surface area contributed by atoms with Crippen molar-refractivity contribution >= 4 is 43.8 Å². The Bertz CT molecular complexity index is 202. The molecule has 0 bridgehead atoms.